The Kier molecular flexibility index (Phi) is 5.16. The fraction of sp³-hybridized carbons (Fsp3) is 0.263. The van der Waals surface area contributed by atoms with Gasteiger partial charge in [0.1, 0.15) is 0 Å². The highest BCUT2D eigenvalue weighted by Crippen LogP contribution is 2.25. The van der Waals surface area contributed by atoms with E-state index in [4.69, 9.17) is 0 Å². The lowest BCUT2D eigenvalue weighted by Crippen LogP contribution is -2.42. The van der Waals surface area contributed by atoms with Gasteiger partial charge < -0.3 is 10.6 Å². The van der Waals surface area contributed by atoms with Crippen molar-refractivity contribution in [2.24, 2.45) is 0 Å². The number of carbonyl (C=O) groups is 2. The number of amides is 2. The number of hydrogen-bond acceptors (Lipinski definition) is 2. The predicted molar refractivity (Wildman–Crippen MR) is 92.3 cm³/mol. The third-order valence-corrected chi connectivity index (χ3v) is 3.80. The van der Waals surface area contributed by atoms with Crippen molar-refractivity contribution < 1.29 is 9.59 Å². The first-order chi connectivity index (χ1) is 10.9. The molecule has 0 heterocycles. The minimum Gasteiger partial charge on any atom is -0.347 e. The molecule has 0 radical (unpaired) electrons. The van der Waals surface area contributed by atoms with Gasteiger partial charge in [0.15, 0.2) is 0 Å². The maximum absolute atomic E-state index is 12.0. The summed E-state index contributed by atoms with van der Waals surface area (Å²) in [5.74, 6) is -1.28. The predicted octanol–water partition coefficient (Wildman–Crippen LogP) is 3.03. The minimum absolute atomic E-state index is 0.256. The van der Waals surface area contributed by atoms with Crippen molar-refractivity contribution in [2.75, 3.05) is 11.9 Å². The first-order valence-electron chi connectivity index (χ1n) is 7.60. The highest BCUT2D eigenvalue weighted by Gasteiger charge is 2.24. The molecule has 0 aliphatic heterocycles. The molecule has 0 aliphatic rings. The van der Waals surface area contributed by atoms with E-state index in [0.717, 1.165) is 5.56 Å². The van der Waals surface area contributed by atoms with Crippen molar-refractivity contribution >= 4 is 17.5 Å². The molecule has 2 aromatic rings. The molecule has 0 atom stereocenters. The Balaban J connectivity index is 1.95. The molecule has 0 fully saturated rings. The molecule has 0 spiro atoms. The molecule has 120 valence electrons. The summed E-state index contributed by atoms with van der Waals surface area (Å²) in [5.41, 5.74) is 2.67. The average Bonchev–Trinajstić information content (AvgIpc) is 2.54. The Labute approximate surface area is 136 Å². The molecule has 0 saturated carbocycles. The van der Waals surface area contributed by atoms with E-state index in [-0.39, 0.29) is 5.41 Å². The van der Waals surface area contributed by atoms with Gasteiger partial charge >= 0.3 is 11.8 Å². The van der Waals surface area contributed by atoms with Crippen molar-refractivity contribution in [3.8, 4) is 0 Å². The lowest BCUT2D eigenvalue weighted by Gasteiger charge is -2.27. The number of para-hydroxylation sites is 1. The third kappa shape index (κ3) is 4.42. The number of anilines is 1. The summed E-state index contributed by atoms with van der Waals surface area (Å²) in [6.45, 7) is 6.52. The van der Waals surface area contributed by atoms with Crippen LogP contribution in [0.3, 0.4) is 0 Å². The van der Waals surface area contributed by atoms with Gasteiger partial charge in [-0.15, -0.1) is 0 Å². The van der Waals surface area contributed by atoms with Crippen LogP contribution in [0.4, 0.5) is 5.69 Å². The van der Waals surface area contributed by atoms with E-state index >= 15 is 0 Å². The molecular formula is C19H22N2O2. The van der Waals surface area contributed by atoms with E-state index in [0.29, 0.717) is 12.2 Å². The van der Waals surface area contributed by atoms with Crippen LogP contribution in [0.5, 0.6) is 0 Å². The molecule has 0 aromatic heterocycles. The van der Waals surface area contributed by atoms with E-state index in [9.17, 15) is 9.59 Å². The van der Waals surface area contributed by atoms with E-state index in [1.807, 2.05) is 51.1 Å². The Morgan fingerprint density at radius 3 is 2.17 bits per heavy atom. The van der Waals surface area contributed by atoms with Gasteiger partial charge in [-0.3, -0.25) is 9.59 Å². The number of hydrogen-bond donors (Lipinski definition) is 2. The first-order valence-corrected chi connectivity index (χ1v) is 7.60. The highest BCUT2D eigenvalue weighted by atomic mass is 16.2. The molecule has 4 heteroatoms. The maximum Gasteiger partial charge on any atom is 0.313 e. The van der Waals surface area contributed by atoms with E-state index in [2.05, 4.69) is 10.6 Å². The molecule has 2 amide bonds. The van der Waals surface area contributed by atoms with E-state index in [1.54, 1.807) is 24.3 Å². The topological polar surface area (TPSA) is 58.2 Å². The van der Waals surface area contributed by atoms with Gasteiger partial charge in [0.05, 0.1) is 0 Å². The zero-order chi connectivity index (χ0) is 16.9. The van der Waals surface area contributed by atoms with Crippen LogP contribution in [0, 0.1) is 6.92 Å². The van der Waals surface area contributed by atoms with Gasteiger partial charge in [-0.1, -0.05) is 56.3 Å². The summed E-state index contributed by atoms with van der Waals surface area (Å²) in [6.07, 6.45) is 0. The third-order valence-electron chi connectivity index (χ3n) is 3.80. The van der Waals surface area contributed by atoms with Gasteiger partial charge in [-0.2, -0.15) is 0 Å². The summed E-state index contributed by atoms with van der Waals surface area (Å²) in [5, 5.41) is 5.30. The second-order valence-corrected chi connectivity index (χ2v) is 6.20. The number of benzene rings is 2. The quantitative estimate of drug-likeness (QED) is 0.853. The Morgan fingerprint density at radius 2 is 1.52 bits per heavy atom. The van der Waals surface area contributed by atoms with Crippen molar-refractivity contribution in [3.63, 3.8) is 0 Å². The van der Waals surface area contributed by atoms with Crippen LogP contribution in [-0.2, 0) is 15.0 Å². The fourth-order valence-electron chi connectivity index (χ4n) is 2.52. The molecule has 0 aliphatic carbocycles. The smallest absolute Gasteiger partial charge is 0.313 e. The van der Waals surface area contributed by atoms with Crippen molar-refractivity contribution in [3.05, 3.63) is 65.7 Å². The monoisotopic (exact) mass is 310 g/mol. The molecular weight excluding hydrogens is 288 g/mol. The first kappa shape index (κ1) is 16.7. The van der Waals surface area contributed by atoms with Gasteiger partial charge in [-0.25, -0.2) is 0 Å². The van der Waals surface area contributed by atoms with Crippen LogP contribution in [0.25, 0.3) is 0 Å². The Hall–Kier alpha value is -2.62. The number of nitrogens with one attached hydrogen (secondary N) is 2. The Morgan fingerprint density at radius 1 is 0.913 bits per heavy atom. The van der Waals surface area contributed by atoms with Crippen LogP contribution < -0.4 is 10.6 Å². The zero-order valence-corrected chi connectivity index (χ0v) is 13.7. The summed E-state index contributed by atoms with van der Waals surface area (Å²) < 4.78 is 0. The molecule has 0 saturated heterocycles. The normalized spacial score (nSPS) is 10.9. The van der Waals surface area contributed by atoms with Crippen molar-refractivity contribution in [2.45, 2.75) is 26.2 Å². The van der Waals surface area contributed by atoms with E-state index in [1.165, 1.54) is 5.56 Å². The summed E-state index contributed by atoms with van der Waals surface area (Å²) in [4.78, 5) is 23.9. The number of aryl methyl sites for hydroxylation is 1. The summed E-state index contributed by atoms with van der Waals surface area (Å²) in [7, 11) is 0. The van der Waals surface area contributed by atoms with Crippen LogP contribution in [0.15, 0.2) is 54.6 Å². The molecule has 2 N–H and O–H groups in total. The van der Waals surface area contributed by atoms with Gasteiger partial charge in [-0.05, 0) is 30.2 Å². The molecule has 0 unspecified atom stereocenters. The lowest BCUT2D eigenvalue weighted by molar-refractivity contribution is -0.136. The summed E-state index contributed by atoms with van der Waals surface area (Å²) in [6, 6.07) is 17.0. The second kappa shape index (κ2) is 7.09. The molecule has 0 bridgehead atoms. The zero-order valence-electron chi connectivity index (χ0n) is 13.7. The van der Waals surface area contributed by atoms with Crippen LogP contribution in [0.1, 0.15) is 25.0 Å². The molecule has 2 aromatic carbocycles. The van der Waals surface area contributed by atoms with Gasteiger partial charge in [0, 0.05) is 17.6 Å². The second-order valence-electron chi connectivity index (χ2n) is 6.20. The Bertz CT molecular complexity index is 694. The maximum atomic E-state index is 12.0. The van der Waals surface area contributed by atoms with Crippen LogP contribution in [-0.4, -0.2) is 18.4 Å². The molecule has 2 rings (SSSR count). The fourth-order valence-corrected chi connectivity index (χ4v) is 2.52. The number of rotatable bonds is 4. The van der Waals surface area contributed by atoms with Crippen molar-refractivity contribution in [1.29, 1.82) is 0 Å². The van der Waals surface area contributed by atoms with Gasteiger partial charge in [0.2, 0.25) is 0 Å². The minimum atomic E-state index is -0.656. The molecule has 23 heavy (non-hydrogen) atoms. The number of carbonyl (C=O) groups excluding carboxylic acids is 2. The largest absolute Gasteiger partial charge is 0.347 e. The lowest BCUT2D eigenvalue weighted by atomic mass is 9.82. The SMILES string of the molecule is Cc1ccccc1C(C)(C)CNC(=O)C(=O)Nc1ccccc1. The average molecular weight is 310 g/mol. The van der Waals surface area contributed by atoms with Crippen LogP contribution in [0.2, 0.25) is 0 Å². The van der Waals surface area contributed by atoms with Gasteiger partial charge in [0.25, 0.3) is 0 Å². The highest BCUT2D eigenvalue weighted by molar-refractivity contribution is 6.39. The van der Waals surface area contributed by atoms with Crippen molar-refractivity contribution in [1.82, 2.24) is 5.32 Å². The van der Waals surface area contributed by atoms with Crippen LogP contribution >= 0.6 is 0 Å². The standard InChI is InChI=1S/C19H22N2O2/c1-14-9-7-8-12-16(14)19(2,3)13-20-17(22)18(23)21-15-10-5-4-6-11-15/h4-12H,13H2,1-3H3,(H,20,22)(H,21,23). The van der Waals surface area contributed by atoms with E-state index < -0.39 is 11.8 Å². The summed E-state index contributed by atoms with van der Waals surface area (Å²) >= 11 is 0. The molecule has 4 nitrogen and oxygen atoms in total.